The molecule has 3 atom stereocenters. The predicted molar refractivity (Wildman–Crippen MR) is 51.3 cm³/mol. The van der Waals surface area contributed by atoms with Gasteiger partial charge < -0.3 is 10.5 Å². The van der Waals surface area contributed by atoms with Gasteiger partial charge in [-0.3, -0.25) is 0 Å². The molecule has 0 aromatic heterocycles. The predicted octanol–water partition coefficient (Wildman–Crippen LogP) is 1.54. The van der Waals surface area contributed by atoms with E-state index in [0.29, 0.717) is 11.5 Å². The van der Waals surface area contributed by atoms with Gasteiger partial charge in [-0.2, -0.15) is 0 Å². The largest absolute Gasteiger partial charge is 0.377 e. The Labute approximate surface area is 79.8 Å². The normalized spacial score (nSPS) is 46.4. The van der Waals surface area contributed by atoms with Crippen LogP contribution in [0.5, 0.6) is 0 Å². The Bertz CT molecular complexity index is 210. The molecule has 13 heavy (non-hydrogen) atoms. The highest BCUT2D eigenvalue weighted by molar-refractivity contribution is 5.12. The molecule has 0 unspecified atom stereocenters. The fraction of sp³-hybridized carbons (Fsp3) is 1.00. The molecule has 2 N–H and O–H groups in total. The Morgan fingerprint density at radius 1 is 1.31 bits per heavy atom. The van der Waals surface area contributed by atoms with Crippen molar-refractivity contribution in [3.8, 4) is 0 Å². The lowest BCUT2D eigenvalue weighted by Crippen LogP contribution is -2.60. The SMILES string of the molecule is NC[C@@H]1[C@H]2CCO[C@@H]2C12CCCC2. The van der Waals surface area contributed by atoms with Gasteiger partial charge in [-0.15, -0.1) is 0 Å². The molecule has 3 aliphatic rings. The molecule has 2 nitrogen and oxygen atoms in total. The van der Waals surface area contributed by atoms with Gasteiger partial charge in [0.05, 0.1) is 6.10 Å². The Morgan fingerprint density at radius 2 is 2.08 bits per heavy atom. The monoisotopic (exact) mass is 181 g/mol. The first kappa shape index (κ1) is 8.25. The van der Waals surface area contributed by atoms with Crippen LogP contribution in [0.2, 0.25) is 0 Å². The summed E-state index contributed by atoms with van der Waals surface area (Å²) in [5.74, 6) is 1.62. The van der Waals surface area contributed by atoms with Crippen LogP contribution in [0.4, 0.5) is 0 Å². The van der Waals surface area contributed by atoms with Crippen LogP contribution >= 0.6 is 0 Å². The average molecular weight is 181 g/mol. The van der Waals surface area contributed by atoms with Gasteiger partial charge in [0.15, 0.2) is 0 Å². The van der Waals surface area contributed by atoms with Crippen LogP contribution in [0.3, 0.4) is 0 Å². The van der Waals surface area contributed by atoms with Crippen LogP contribution < -0.4 is 5.73 Å². The van der Waals surface area contributed by atoms with E-state index in [1.807, 2.05) is 0 Å². The molecule has 3 fully saturated rings. The van der Waals surface area contributed by atoms with Gasteiger partial charge in [0.1, 0.15) is 0 Å². The fourth-order valence-electron chi connectivity index (χ4n) is 4.23. The second-order valence-corrected chi connectivity index (χ2v) is 5.03. The molecule has 74 valence electrons. The topological polar surface area (TPSA) is 35.2 Å². The maximum Gasteiger partial charge on any atom is 0.0666 e. The lowest BCUT2D eigenvalue weighted by Gasteiger charge is -2.56. The van der Waals surface area contributed by atoms with Crippen molar-refractivity contribution in [3.05, 3.63) is 0 Å². The molecule has 0 bridgehead atoms. The highest BCUT2D eigenvalue weighted by Gasteiger charge is 2.63. The summed E-state index contributed by atoms with van der Waals surface area (Å²) in [4.78, 5) is 0. The van der Waals surface area contributed by atoms with Crippen LogP contribution in [0, 0.1) is 17.3 Å². The molecule has 2 saturated carbocycles. The Morgan fingerprint density at radius 3 is 2.77 bits per heavy atom. The Hall–Kier alpha value is -0.0800. The molecule has 3 rings (SSSR count). The van der Waals surface area contributed by atoms with Crippen LogP contribution in [0.1, 0.15) is 32.1 Å². The zero-order valence-corrected chi connectivity index (χ0v) is 8.17. The second-order valence-electron chi connectivity index (χ2n) is 5.03. The van der Waals surface area contributed by atoms with Gasteiger partial charge in [-0.05, 0) is 37.6 Å². The summed E-state index contributed by atoms with van der Waals surface area (Å²) in [5.41, 5.74) is 6.43. The number of hydrogen-bond donors (Lipinski definition) is 1. The van der Waals surface area contributed by atoms with E-state index >= 15 is 0 Å². The molecule has 1 spiro atoms. The molecule has 2 aliphatic carbocycles. The minimum atomic E-state index is 0.538. The van der Waals surface area contributed by atoms with Gasteiger partial charge in [-0.25, -0.2) is 0 Å². The van der Waals surface area contributed by atoms with Gasteiger partial charge in [0.25, 0.3) is 0 Å². The van der Waals surface area contributed by atoms with Gasteiger partial charge in [0.2, 0.25) is 0 Å². The smallest absolute Gasteiger partial charge is 0.0666 e. The standard InChI is InChI=1S/C11H19NO/c12-7-9-8-3-6-13-10(8)11(9)4-1-2-5-11/h8-10H,1-7,12H2/t8-,9-,10+/m1/s1. The molecule has 2 heteroatoms. The Balaban J connectivity index is 1.85. The maximum atomic E-state index is 5.89. The summed E-state index contributed by atoms with van der Waals surface area (Å²) in [7, 11) is 0. The molecule has 0 amide bonds. The van der Waals surface area contributed by atoms with Crippen LogP contribution in [0.25, 0.3) is 0 Å². The van der Waals surface area contributed by atoms with E-state index in [2.05, 4.69) is 0 Å². The number of ether oxygens (including phenoxy) is 1. The van der Waals surface area contributed by atoms with Crippen molar-refractivity contribution in [2.24, 2.45) is 23.0 Å². The van der Waals surface area contributed by atoms with Crippen molar-refractivity contribution in [1.82, 2.24) is 0 Å². The summed E-state index contributed by atoms with van der Waals surface area (Å²) in [5, 5.41) is 0. The molecule has 1 saturated heterocycles. The summed E-state index contributed by atoms with van der Waals surface area (Å²) in [6.45, 7) is 1.89. The minimum absolute atomic E-state index is 0.538. The highest BCUT2D eigenvalue weighted by Crippen LogP contribution is 2.63. The van der Waals surface area contributed by atoms with Crippen molar-refractivity contribution in [2.45, 2.75) is 38.2 Å². The quantitative estimate of drug-likeness (QED) is 0.666. The second kappa shape index (κ2) is 2.71. The lowest BCUT2D eigenvalue weighted by molar-refractivity contribution is -0.152. The van der Waals surface area contributed by atoms with E-state index in [4.69, 9.17) is 10.5 Å². The van der Waals surface area contributed by atoms with E-state index in [9.17, 15) is 0 Å². The fourth-order valence-corrected chi connectivity index (χ4v) is 4.23. The third kappa shape index (κ3) is 0.861. The van der Waals surface area contributed by atoms with E-state index < -0.39 is 0 Å². The van der Waals surface area contributed by atoms with Crippen molar-refractivity contribution in [3.63, 3.8) is 0 Å². The van der Waals surface area contributed by atoms with E-state index in [1.54, 1.807) is 0 Å². The van der Waals surface area contributed by atoms with Crippen LogP contribution in [-0.2, 0) is 4.74 Å². The lowest BCUT2D eigenvalue weighted by atomic mass is 9.50. The highest BCUT2D eigenvalue weighted by atomic mass is 16.5. The van der Waals surface area contributed by atoms with Crippen LogP contribution in [-0.4, -0.2) is 19.3 Å². The van der Waals surface area contributed by atoms with Crippen molar-refractivity contribution < 1.29 is 4.74 Å². The summed E-state index contributed by atoms with van der Waals surface area (Å²) in [6.07, 6.45) is 7.45. The van der Waals surface area contributed by atoms with E-state index in [0.717, 1.165) is 25.0 Å². The summed E-state index contributed by atoms with van der Waals surface area (Å²) < 4.78 is 5.87. The zero-order chi connectivity index (χ0) is 8.89. The first-order chi connectivity index (χ1) is 6.38. The third-order valence-corrected chi connectivity index (χ3v) is 4.75. The number of rotatable bonds is 1. The van der Waals surface area contributed by atoms with Crippen LogP contribution in [0.15, 0.2) is 0 Å². The first-order valence-electron chi connectivity index (χ1n) is 5.70. The molecule has 1 heterocycles. The van der Waals surface area contributed by atoms with E-state index in [-0.39, 0.29) is 0 Å². The number of nitrogens with two attached hydrogens (primary N) is 1. The van der Waals surface area contributed by atoms with Crippen molar-refractivity contribution in [1.29, 1.82) is 0 Å². The maximum absolute atomic E-state index is 5.89. The number of fused-ring (bicyclic) bond motifs is 2. The summed E-state index contributed by atoms with van der Waals surface area (Å²) >= 11 is 0. The summed E-state index contributed by atoms with van der Waals surface area (Å²) in [6, 6.07) is 0. The van der Waals surface area contributed by atoms with Gasteiger partial charge >= 0.3 is 0 Å². The minimum Gasteiger partial charge on any atom is -0.377 e. The molecule has 0 aromatic rings. The number of hydrogen-bond acceptors (Lipinski definition) is 2. The van der Waals surface area contributed by atoms with Crippen molar-refractivity contribution >= 4 is 0 Å². The molecule has 0 aromatic carbocycles. The average Bonchev–Trinajstić information content (AvgIpc) is 2.69. The first-order valence-corrected chi connectivity index (χ1v) is 5.70. The molecule has 0 radical (unpaired) electrons. The third-order valence-electron chi connectivity index (χ3n) is 4.75. The zero-order valence-electron chi connectivity index (χ0n) is 8.17. The molecular formula is C11H19NO. The van der Waals surface area contributed by atoms with Crippen molar-refractivity contribution in [2.75, 3.05) is 13.2 Å². The van der Waals surface area contributed by atoms with Gasteiger partial charge in [-0.1, -0.05) is 12.8 Å². The molecular weight excluding hydrogens is 162 g/mol. The Kier molecular flexibility index (Phi) is 1.72. The van der Waals surface area contributed by atoms with E-state index in [1.165, 1.54) is 32.1 Å². The van der Waals surface area contributed by atoms with Gasteiger partial charge in [0, 0.05) is 12.0 Å². The molecule has 1 aliphatic heterocycles.